The van der Waals surface area contributed by atoms with E-state index in [-0.39, 0.29) is 5.91 Å². The molecule has 0 atom stereocenters. The Morgan fingerprint density at radius 2 is 1.89 bits per heavy atom. The van der Waals surface area contributed by atoms with E-state index in [1.165, 1.54) is 0 Å². The van der Waals surface area contributed by atoms with Crippen LogP contribution in [-0.4, -0.2) is 37.9 Å². The Balaban J connectivity index is 1.71. The van der Waals surface area contributed by atoms with E-state index in [0.717, 1.165) is 17.1 Å². The Kier molecular flexibility index (Phi) is 5.56. The van der Waals surface area contributed by atoms with Gasteiger partial charge in [-0.25, -0.2) is 5.43 Å². The third-order valence-corrected chi connectivity index (χ3v) is 4.12. The second-order valence-electron chi connectivity index (χ2n) is 6.14. The second-order valence-corrected chi connectivity index (χ2v) is 6.14. The first-order chi connectivity index (χ1) is 13.1. The molecule has 138 valence electrons. The van der Waals surface area contributed by atoms with Crippen molar-refractivity contribution >= 4 is 17.8 Å². The zero-order valence-corrected chi connectivity index (χ0v) is 15.6. The van der Waals surface area contributed by atoms with Crippen LogP contribution in [0.15, 0.2) is 72.0 Å². The largest absolute Gasteiger partial charge is 0.497 e. The van der Waals surface area contributed by atoms with E-state index in [1.54, 1.807) is 37.6 Å². The van der Waals surface area contributed by atoms with Gasteiger partial charge in [0.05, 0.1) is 19.0 Å². The van der Waals surface area contributed by atoms with Crippen LogP contribution in [0.1, 0.15) is 16.1 Å². The lowest BCUT2D eigenvalue weighted by Gasteiger charge is -2.13. The molecule has 3 rings (SSSR count). The number of rotatable bonds is 6. The van der Waals surface area contributed by atoms with Crippen molar-refractivity contribution in [3.05, 3.63) is 78.1 Å². The first-order valence-corrected chi connectivity index (χ1v) is 8.51. The van der Waals surface area contributed by atoms with E-state index in [2.05, 4.69) is 27.6 Å². The van der Waals surface area contributed by atoms with Crippen LogP contribution in [0.3, 0.4) is 0 Å². The number of hydrogen-bond donors (Lipinski definition) is 1. The SMILES string of the molecule is COc1cccc(C(=O)N/N=C\c2cccn2-c2ccc(N(C)C)cc2)c1. The van der Waals surface area contributed by atoms with Crippen molar-refractivity contribution in [2.45, 2.75) is 0 Å². The minimum atomic E-state index is -0.293. The Labute approximate surface area is 158 Å². The van der Waals surface area contributed by atoms with E-state index < -0.39 is 0 Å². The van der Waals surface area contributed by atoms with E-state index in [1.807, 2.05) is 49.1 Å². The molecule has 1 aromatic heterocycles. The Bertz CT molecular complexity index is 943. The number of amides is 1. The summed E-state index contributed by atoms with van der Waals surface area (Å²) in [6.07, 6.45) is 3.58. The highest BCUT2D eigenvalue weighted by Crippen LogP contribution is 2.17. The van der Waals surface area contributed by atoms with Crippen LogP contribution in [-0.2, 0) is 0 Å². The van der Waals surface area contributed by atoms with Gasteiger partial charge in [0.15, 0.2) is 0 Å². The van der Waals surface area contributed by atoms with Gasteiger partial charge >= 0.3 is 0 Å². The zero-order chi connectivity index (χ0) is 19.2. The summed E-state index contributed by atoms with van der Waals surface area (Å²) in [6, 6.07) is 19.0. The number of anilines is 1. The summed E-state index contributed by atoms with van der Waals surface area (Å²) in [7, 11) is 5.58. The molecule has 6 nitrogen and oxygen atoms in total. The van der Waals surface area contributed by atoms with Crippen LogP contribution in [0.4, 0.5) is 5.69 Å². The average Bonchev–Trinajstić information content (AvgIpc) is 3.16. The van der Waals surface area contributed by atoms with Crippen molar-refractivity contribution in [3.63, 3.8) is 0 Å². The van der Waals surface area contributed by atoms with Crippen LogP contribution < -0.4 is 15.1 Å². The minimum absolute atomic E-state index is 0.293. The number of hydrazone groups is 1. The molecule has 0 unspecified atom stereocenters. The topological polar surface area (TPSA) is 58.9 Å². The van der Waals surface area contributed by atoms with Gasteiger partial charge in [-0.2, -0.15) is 5.10 Å². The maximum Gasteiger partial charge on any atom is 0.271 e. The second kappa shape index (κ2) is 8.23. The van der Waals surface area contributed by atoms with Gasteiger partial charge in [0, 0.05) is 37.2 Å². The lowest BCUT2D eigenvalue weighted by molar-refractivity contribution is 0.0955. The number of methoxy groups -OCH3 is 1. The molecule has 0 radical (unpaired) electrons. The highest BCUT2D eigenvalue weighted by Gasteiger charge is 2.06. The van der Waals surface area contributed by atoms with E-state index in [4.69, 9.17) is 4.74 Å². The predicted molar refractivity (Wildman–Crippen MR) is 108 cm³/mol. The molecule has 0 saturated heterocycles. The number of hydrogen-bond acceptors (Lipinski definition) is 4. The van der Waals surface area contributed by atoms with Gasteiger partial charge in [0.2, 0.25) is 0 Å². The molecule has 1 amide bonds. The summed E-state index contributed by atoms with van der Waals surface area (Å²) < 4.78 is 7.13. The van der Waals surface area contributed by atoms with Crippen LogP contribution in [0.25, 0.3) is 5.69 Å². The van der Waals surface area contributed by atoms with Gasteiger partial charge < -0.3 is 14.2 Å². The average molecular weight is 362 g/mol. The van der Waals surface area contributed by atoms with Gasteiger partial charge in [0.1, 0.15) is 5.75 Å². The molecule has 0 bridgehead atoms. The van der Waals surface area contributed by atoms with Gasteiger partial charge in [-0.15, -0.1) is 0 Å². The molecule has 1 heterocycles. The number of benzene rings is 2. The summed E-state index contributed by atoms with van der Waals surface area (Å²) in [5, 5.41) is 4.08. The summed E-state index contributed by atoms with van der Waals surface area (Å²) in [5.74, 6) is 0.334. The monoisotopic (exact) mass is 362 g/mol. The van der Waals surface area contributed by atoms with Gasteiger partial charge in [-0.3, -0.25) is 4.79 Å². The standard InChI is InChI=1S/C21H22N4O2/c1-24(2)17-9-11-18(12-10-17)25-13-5-7-19(25)15-22-23-21(26)16-6-4-8-20(14-16)27-3/h4-15H,1-3H3,(H,23,26)/b22-15-. The highest BCUT2D eigenvalue weighted by atomic mass is 16.5. The van der Waals surface area contributed by atoms with Crippen LogP contribution >= 0.6 is 0 Å². The van der Waals surface area contributed by atoms with Crippen molar-refractivity contribution in [2.24, 2.45) is 5.10 Å². The number of ether oxygens (including phenoxy) is 1. The molecular formula is C21H22N4O2. The molecular weight excluding hydrogens is 340 g/mol. The minimum Gasteiger partial charge on any atom is -0.497 e. The quantitative estimate of drug-likeness (QED) is 0.541. The van der Waals surface area contributed by atoms with Crippen molar-refractivity contribution in [3.8, 4) is 11.4 Å². The molecule has 3 aromatic rings. The van der Waals surface area contributed by atoms with Crippen molar-refractivity contribution in [2.75, 3.05) is 26.1 Å². The van der Waals surface area contributed by atoms with Gasteiger partial charge in [-0.05, 0) is 54.6 Å². The maximum atomic E-state index is 12.2. The lowest BCUT2D eigenvalue weighted by atomic mass is 10.2. The van der Waals surface area contributed by atoms with Crippen molar-refractivity contribution in [1.29, 1.82) is 0 Å². The highest BCUT2D eigenvalue weighted by molar-refractivity contribution is 5.95. The molecule has 0 aliphatic carbocycles. The van der Waals surface area contributed by atoms with E-state index in [9.17, 15) is 4.79 Å². The molecule has 0 aliphatic heterocycles. The summed E-state index contributed by atoms with van der Waals surface area (Å²) in [5.41, 5.74) is 6.04. The smallest absolute Gasteiger partial charge is 0.271 e. The normalized spacial score (nSPS) is 10.8. The van der Waals surface area contributed by atoms with Crippen molar-refractivity contribution < 1.29 is 9.53 Å². The molecule has 6 heteroatoms. The molecule has 27 heavy (non-hydrogen) atoms. The number of aromatic nitrogens is 1. The maximum absolute atomic E-state index is 12.2. The Morgan fingerprint density at radius 1 is 1.11 bits per heavy atom. The fourth-order valence-corrected chi connectivity index (χ4v) is 2.63. The van der Waals surface area contributed by atoms with Gasteiger partial charge in [0.25, 0.3) is 5.91 Å². The first-order valence-electron chi connectivity index (χ1n) is 8.51. The van der Waals surface area contributed by atoms with Crippen LogP contribution in [0.2, 0.25) is 0 Å². The lowest BCUT2D eigenvalue weighted by Crippen LogP contribution is -2.17. The summed E-state index contributed by atoms with van der Waals surface area (Å²) in [6.45, 7) is 0. The first kappa shape index (κ1) is 18.3. The summed E-state index contributed by atoms with van der Waals surface area (Å²) in [4.78, 5) is 14.3. The van der Waals surface area contributed by atoms with Crippen LogP contribution in [0.5, 0.6) is 5.75 Å². The molecule has 2 aromatic carbocycles. The van der Waals surface area contributed by atoms with E-state index in [0.29, 0.717) is 11.3 Å². The number of nitrogens with one attached hydrogen (secondary N) is 1. The van der Waals surface area contributed by atoms with Crippen molar-refractivity contribution in [1.82, 2.24) is 9.99 Å². The van der Waals surface area contributed by atoms with Crippen LogP contribution in [0, 0.1) is 0 Å². The fraction of sp³-hybridized carbons (Fsp3) is 0.143. The number of carbonyl (C=O) groups is 1. The predicted octanol–water partition coefficient (Wildman–Crippen LogP) is 3.32. The number of carbonyl (C=O) groups excluding carboxylic acids is 1. The van der Waals surface area contributed by atoms with Gasteiger partial charge in [-0.1, -0.05) is 6.07 Å². The Morgan fingerprint density at radius 3 is 2.59 bits per heavy atom. The van der Waals surface area contributed by atoms with E-state index >= 15 is 0 Å². The molecule has 0 fully saturated rings. The molecule has 0 saturated carbocycles. The molecule has 0 spiro atoms. The third-order valence-electron chi connectivity index (χ3n) is 4.12. The molecule has 0 aliphatic rings. The fourth-order valence-electron chi connectivity index (χ4n) is 2.63. The number of nitrogens with zero attached hydrogens (tertiary/aromatic N) is 3. The summed E-state index contributed by atoms with van der Waals surface area (Å²) >= 11 is 0. The Hall–Kier alpha value is -3.54. The molecule has 1 N–H and O–H groups in total. The zero-order valence-electron chi connectivity index (χ0n) is 15.6. The third kappa shape index (κ3) is 4.36.